The number of phenolic OH excluding ortho intramolecular Hbond substituents is 1. The van der Waals surface area contributed by atoms with Crippen molar-refractivity contribution in [2.75, 3.05) is 19.0 Å². The minimum atomic E-state index is -0.346. The molecular formula is C29H25ClN2O3. The van der Waals surface area contributed by atoms with Crippen LogP contribution in [0.5, 0.6) is 17.2 Å². The van der Waals surface area contributed by atoms with Gasteiger partial charge in [-0.25, -0.2) is 4.99 Å². The lowest BCUT2D eigenvalue weighted by molar-refractivity contribution is 0.175. The average Bonchev–Trinajstić information content (AvgIpc) is 3.06. The number of methoxy groups -OCH3 is 1. The van der Waals surface area contributed by atoms with Gasteiger partial charge in [0.25, 0.3) is 0 Å². The maximum atomic E-state index is 9.89. The lowest BCUT2D eigenvalue weighted by atomic mass is 9.87. The Morgan fingerprint density at radius 2 is 1.71 bits per heavy atom. The Kier molecular flexibility index (Phi) is 6.59. The summed E-state index contributed by atoms with van der Waals surface area (Å²) in [7, 11) is 1.66. The number of halogens is 1. The summed E-state index contributed by atoms with van der Waals surface area (Å²) in [6.07, 6.45) is -0.346. The molecule has 4 aromatic carbocycles. The lowest BCUT2D eigenvalue weighted by Gasteiger charge is -2.28. The second-order valence-corrected chi connectivity index (χ2v) is 8.76. The Bertz CT molecular complexity index is 1340. The Morgan fingerprint density at radius 3 is 2.49 bits per heavy atom. The van der Waals surface area contributed by atoms with E-state index in [1.54, 1.807) is 19.2 Å². The topological polar surface area (TPSA) is 63.1 Å². The minimum Gasteiger partial charge on any atom is -0.508 e. The van der Waals surface area contributed by atoms with E-state index in [1.165, 1.54) is 0 Å². The molecule has 0 spiro atoms. The zero-order valence-corrected chi connectivity index (χ0v) is 19.9. The van der Waals surface area contributed by atoms with Crippen molar-refractivity contribution < 1.29 is 14.6 Å². The summed E-state index contributed by atoms with van der Waals surface area (Å²) in [4.78, 5) is 5.08. The molecule has 0 aromatic heterocycles. The Morgan fingerprint density at radius 1 is 0.943 bits per heavy atom. The fourth-order valence-corrected chi connectivity index (χ4v) is 4.38. The van der Waals surface area contributed by atoms with Gasteiger partial charge in [0.15, 0.2) is 0 Å². The molecule has 1 aliphatic heterocycles. The first-order valence-electron chi connectivity index (χ1n) is 11.4. The van der Waals surface area contributed by atoms with Crippen LogP contribution in [0.15, 0.2) is 102 Å². The van der Waals surface area contributed by atoms with Crippen molar-refractivity contribution in [1.29, 1.82) is 0 Å². The van der Waals surface area contributed by atoms with Gasteiger partial charge in [-0.3, -0.25) is 0 Å². The third-order valence-corrected chi connectivity index (χ3v) is 6.28. The SMILES string of the molecule is COc1cccc(C2Oc3ccccc3N=C(c3ccc(O)cc3)C2CNc2ccc(Cl)cc2)c1. The van der Waals surface area contributed by atoms with Crippen LogP contribution in [0.3, 0.4) is 0 Å². The van der Waals surface area contributed by atoms with Gasteiger partial charge < -0.3 is 19.9 Å². The molecule has 2 N–H and O–H groups in total. The van der Waals surface area contributed by atoms with Crippen molar-refractivity contribution in [1.82, 2.24) is 0 Å². The number of nitrogens with one attached hydrogen (secondary N) is 1. The van der Waals surface area contributed by atoms with E-state index in [1.807, 2.05) is 84.9 Å². The summed E-state index contributed by atoms with van der Waals surface area (Å²) in [6.45, 7) is 0.553. The fraction of sp³-hybridized carbons (Fsp3) is 0.138. The zero-order chi connectivity index (χ0) is 24.2. The molecule has 2 atom stereocenters. The normalized spacial score (nSPS) is 16.9. The van der Waals surface area contributed by atoms with Gasteiger partial charge in [0.05, 0.1) is 18.7 Å². The summed E-state index contributed by atoms with van der Waals surface area (Å²) < 4.78 is 12.2. The average molecular weight is 485 g/mol. The number of ether oxygens (including phenoxy) is 2. The number of aromatic hydroxyl groups is 1. The van der Waals surface area contributed by atoms with Gasteiger partial charge in [-0.2, -0.15) is 0 Å². The van der Waals surface area contributed by atoms with Crippen LogP contribution in [-0.4, -0.2) is 24.5 Å². The van der Waals surface area contributed by atoms with Crippen LogP contribution in [0.1, 0.15) is 17.2 Å². The summed E-state index contributed by atoms with van der Waals surface area (Å²) in [5, 5.41) is 14.1. The summed E-state index contributed by atoms with van der Waals surface area (Å²) in [6, 6.07) is 30.5. The van der Waals surface area contributed by atoms with Crippen LogP contribution in [0.2, 0.25) is 5.02 Å². The maximum Gasteiger partial charge on any atom is 0.145 e. The highest BCUT2D eigenvalue weighted by Gasteiger charge is 2.34. The number of hydrogen-bond donors (Lipinski definition) is 2. The van der Waals surface area contributed by atoms with Crippen LogP contribution < -0.4 is 14.8 Å². The third-order valence-electron chi connectivity index (χ3n) is 6.03. The molecule has 0 aliphatic carbocycles. The molecule has 6 heteroatoms. The number of nitrogens with zero attached hydrogens (tertiary/aromatic N) is 1. The van der Waals surface area contributed by atoms with Gasteiger partial charge in [-0.15, -0.1) is 0 Å². The molecule has 0 saturated carbocycles. The van der Waals surface area contributed by atoms with E-state index < -0.39 is 0 Å². The number of hydrogen-bond acceptors (Lipinski definition) is 5. The first-order valence-corrected chi connectivity index (χ1v) is 11.8. The quantitative estimate of drug-likeness (QED) is 0.308. The Balaban J connectivity index is 1.62. The molecule has 5 nitrogen and oxygen atoms in total. The van der Waals surface area contributed by atoms with Gasteiger partial charge in [0, 0.05) is 17.3 Å². The van der Waals surface area contributed by atoms with Crippen LogP contribution in [0.4, 0.5) is 11.4 Å². The monoisotopic (exact) mass is 484 g/mol. The zero-order valence-electron chi connectivity index (χ0n) is 19.2. The number of para-hydroxylation sites is 2. The summed E-state index contributed by atoms with van der Waals surface area (Å²) in [5.74, 6) is 1.51. The first-order chi connectivity index (χ1) is 17.1. The van der Waals surface area contributed by atoms with Gasteiger partial charge >= 0.3 is 0 Å². The van der Waals surface area contributed by atoms with E-state index in [-0.39, 0.29) is 17.8 Å². The van der Waals surface area contributed by atoms with Crippen molar-refractivity contribution in [3.63, 3.8) is 0 Å². The van der Waals surface area contributed by atoms with Crippen LogP contribution >= 0.6 is 11.6 Å². The molecule has 0 saturated heterocycles. The largest absolute Gasteiger partial charge is 0.508 e. The highest BCUT2D eigenvalue weighted by Crippen LogP contribution is 2.41. The van der Waals surface area contributed by atoms with Gasteiger partial charge in [-0.05, 0) is 83.9 Å². The minimum absolute atomic E-state index is 0.172. The smallest absolute Gasteiger partial charge is 0.145 e. The molecule has 1 heterocycles. The molecule has 2 unspecified atom stereocenters. The number of rotatable bonds is 6. The summed E-state index contributed by atoms with van der Waals surface area (Å²) in [5.41, 5.74) is 4.47. The predicted molar refractivity (Wildman–Crippen MR) is 141 cm³/mol. The van der Waals surface area contributed by atoms with Crippen molar-refractivity contribution in [2.24, 2.45) is 10.9 Å². The van der Waals surface area contributed by atoms with Gasteiger partial charge in [0.2, 0.25) is 0 Å². The standard InChI is InChI=1S/C29H25ClN2O3/c1-34-24-6-4-5-20(17-24)29-25(18-31-22-13-11-21(30)12-14-22)28(19-9-15-23(33)16-10-19)32-26-7-2-3-8-27(26)35-29/h2-17,25,29,31,33H,18H2,1H3. The fourth-order valence-electron chi connectivity index (χ4n) is 4.25. The second-order valence-electron chi connectivity index (χ2n) is 8.32. The lowest BCUT2D eigenvalue weighted by Crippen LogP contribution is -2.32. The Labute approximate surface area is 209 Å². The molecular weight excluding hydrogens is 460 g/mol. The van der Waals surface area contributed by atoms with Crippen molar-refractivity contribution in [2.45, 2.75) is 6.10 Å². The van der Waals surface area contributed by atoms with Crippen LogP contribution in [0.25, 0.3) is 0 Å². The molecule has 176 valence electrons. The van der Waals surface area contributed by atoms with E-state index in [2.05, 4.69) is 5.32 Å². The molecule has 4 aromatic rings. The number of aliphatic imine (C=N–C) groups is 1. The van der Waals surface area contributed by atoms with Crippen molar-refractivity contribution >= 4 is 28.7 Å². The highest BCUT2D eigenvalue weighted by molar-refractivity contribution is 6.30. The molecule has 0 radical (unpaired) electrons. The van der Waals surface area contributed by atoms with E-state index in [4.69, 9.17) is 26.1 Å². The van der Waals surface area contributed by atoms with E-state index in [9.17, 15) is 5.11 Å². The number of fused-ring (bicyclic) bond motifs is 1. The molecule has 1 aliphatic rings. The number of phenols is 1. The van der Waals surface area contributed by atoms with E-state index in [0.29, 0.717) is 17.3 Å². The third kappa shape index (κ3) is 5.10. The number of benzene rings is 4. The maximum absolute atomic E-state index is 9.89. The van der Waals surface area contributed by atoms with Crippen molar-refractivity contribution in [3.8, 4) is 17.2 Å². The molecule has 0 amide bonds. The first kappa shape index (κ1) is 22.8. The van der Waals surface area contributed by atoms with Crippen molar-refractivity contribution in [3.05, 3.63) is 113 Å². The van der Waals surface area contributed by atoms with E-state index in [0.717, 1.165) is 34.0 Å². The molecule has 0 bridgehead atoms. The molecule has 0 fully saturated rings. The van der Waals surface area contributed by atoms with E-state index >= 15 is 0 Å². The Hall–Kier alpha value is -3.96. The van der Waals surface area contributed by atoms with Gasteiger partial charge in [0.1, 0.15) is 29.0 Å². The molecule has 35 heavy (non-hydrogen) atoms. The van der Waals surface area contributed by atoms with Crippen LogP contribution in [-0.2, 0) is 0 Å². The number of anilines is 1. The highest BCUT2D eigenvalue weighted by atomic mass is 35.5. The van der Waals surface area contributed by atoms with Crippen LogP contribution in [0, 0.1) is 5.92 Å². The molecule has 5 rings (SSSR count). The summed E-state index contributed by atoms with van der Waals surface area (Å²) >= 11 is 6.08. The predicted octanol–water partition coefficient (Wildman–Crippen LogP) is 7.04. The second kappa shape index (κ2) is 10.1. The van der Waals surface area contributed by atoms with Gasteiger partial charge in [-0.1, -0.05) is 35.9 Å².